The highest BCUT2D eigenvalue weighted by molar-refractivity contribution is 6.17. The van der Waals surface area contributed by atoms with Crippen LogP contribution in [-0.2, 0) is 9.59 Å². The summed E-state index contributed by atoms with van der Waals surface area (Å²) < 4.78 is 0. The van der Waals surface area contributed by atoms with Crippen molar-refractivity contribution in [2.45, 2.75) is 12.8 Å². The van der Waals surface area contributed by atoms with Crippen molar-refractivity contribution in [3.05, 3.63) is 40.1 Å². The Morgan fingerprint density at radius 1 is 1.24 bits per heavy atom. The molecule has 0 aliphatic carbocycles. The average molecular weight is 346 g/mol. The summed E-state index contributed by atoms with van der Waals surface area (Å²) in [7, 11) is 0. The number of carbonyl (C=O) groups is 2. The summed E-state index contributed by atoms with van der Waals surface area (Å²) in [6.07, 6.45) is 3.21. The molecule has 2 N–H and O–H groups in total. The first-order chi connectivity index (χ1) is 12.0. The molecule has 2 aliphatic rings. The number of nitrogens with zero attached hydrogens (tertiary/aromatic N) is 3. The quantitative estimate of drug-likeness (QED) is 0.446. The monoisotopic (exact) mass is 346 g/mol. The lowest BCUT2D eigenvalue weighted by Crippen LogP contribution is -2.34. The largest absolute Gasteiger partial charge is 0.395 e. The van der Waals surface area contributed by atoms with Gasteiger partial charge in [0.1, 0.15) is 11.4 Å². The minimum atomic E-state index is -0.611. The Bertz CT molecular complexity index is 755. The number of anilines is 2. The third kappa shape index (κ3) is 3.31. The smallest absolute Gasteiger partial charge is 0.292 e. The standard InChI is InChI=1S/C16H18N4O5/c21-8-7-19-15(22)10-13(16(19)23)17-12-9-11(18-5-1-2-6-18)3-4-14(12)20(24)25/h3-4,9-10,17,21H,1-2,5-8H2. The van der Waals surface area contributed by atoms with Gasteiger partial charge < -0.3 is 15.3 Å². The van der Waals surface area contributed by atoms with Crippen molar-refractivity contribution in [2.24, 2.45) is 0 Å². The Morgan fingerprint density at radius 3 is 2.60 bits per heavy atom. The van der Waals surface area contributed by atoms with Gasteiger partial charge in [-0.3, -0.25) is 24.6 Å². The number of nitro groups is 1. The van der Waals surface area contributed by atoms with Gasteiger partial charge in [0.2, 0.25) is 0 Å². The number of benzene rings is 1. The lowest BCUT2D eigenvalue weighted by Gasteiger charge is -2.19. The van der Waals surface area contributed by atoms with Gasteiger partial charge >= 0.3 is 0 Å². The van der Waals surface area contributed by atoms with E-state index in [1.807, 2.05) is 0 Å². The third-order valence-corrected chi connectivity index (χ3v) is 4.25. The highest BCUT2D eigenvalue weighted by Crippen LogP contribution is 2.32. The van der Waals surface area contributed by atoms with E-state index >= 15 is 0 Å². The van der Waals surface area contributed by atoms with Crippen molar-refractivity contribution >= 4 is 28.9 Å². The van der Waals surface area contributed by atoms with Gasteiger partial charge in [-0.2, -0.15) is 0 Å². The second kappa shape index (κ2) is 6.89. The van der Waals surface area contributed by atoms with Crippen molar-refractivity contribution in [2.75, 3.05) is 36.5 Å². The van der Waals surface area contributed by atoms with Crippen molar-refractivity contribution in [1.82, 2.24) is 4.90 Å². The van der Waals surface area contributed by atoms with Crippen LogP contribution in [0.15, 0.2) is 30.0 Å². The zero-order valence-electron chi connectivity index (χ0n) is 13.5. The fraction of sp³-hybridized carbons (Fsp3) is 0.375. The van der Waals surface area contributed by atoms with Crippen LogP contribution in [0.25, 0.3) is 0 Å². The van der Waals surface area contributed by atoms with Gasteiger partial charge in [-0.05, 0) is 25.0 Å². The predicted molar refractivity (Wildman–Crippen MR) is 90.1 cm³/mol. The second-order valence-corrected chi connectivity index (χ2v) is 5.85. The molecule has 1 aromatic rings. The molecule has 0 atom stereocenters. The topological polar surface area (TPSA) is 116 Å². The third-order valence-electron chi connectivity index (χ3n) is 4.25. The van der Waals surface area contributed by atoms with E-state index in [4.69, 9.17) is 5.11 Å². The van der Waals surface area contributed by atoms with Gasteiger partial charge in [-0.15, -0.1) is 0 Å². The van der Waals surface area contributed by atoms with Gasteiger partial charge in [0.05, 0.1) is 18.1 Å². The maximum atomic E-state index is 12.2. The fourth-order valence-electron chi connectivity index (χ4n) is 3.01. The van der Waals surface area contributed by atoms with Gasteiger partial charge in [-0.25, -0.2) is 0 Å². The Morgan fingerprint density at radius 2 is 1.96 bits per heavy atom. The van der Waals surface area contributed by atoms with E-state index in [0.717, 1.165) is 42.6 Å². The molecule has 25 heavy (non-hydrogen) atoms. The van der Waals surface area contributed by atoms with E-state index in [1.165, 1.54) is 6.07 Å². The highest BCUT2D eigenvalue weighted by Gasteiger charge is 2.32. The molecule has 132 valence electrons. The number of hydrogen-bond donors (Lipinski definition) is 2. The lowest BCUT2D eigenvalue weighted by atomic mass is 10.2. The maximum Gasteiger partial charge on any atom is 0.292 e. The average Bonchev–Trinajstić information content (AvgIpc) is 3.20. The molecule has 0 bridgehead atoms. The van der Waals surface area contributed by atoms with Crippen molar-refractivity contribution in [3.8, 4) is 0 Å². The number of aliphatic hydroxyl groups is 1. The first kappa shape index (κ1) is 16.9. The van der Waals surface area contributed by atoms with E-state index in [0.29, 0.717) is 0 Å². The van der Waals surface area contributed by atoms with Crippen LogP contribution in [0.5, 0.6) is 0 Å². The summed E-state index contributed by atoms with van der Waals surface area (Å²) in [5, 5.41) is 22.9. The number of amides is 2. The number of nitrogens with one attached hydrogen (secondary N) is 1. The maximum absolute atomic E-state index is 12.2. The Kier molecular flexibility index (Phi) is 4.66. The van der Waals surface area contributed by atoms with Crippen LogP contribution < -0.4 is 10.2 Å². The molecule has 2 amide bonds. The predicted octanol–water partition coefficient (Wildman–Crippen LogP) is 0.852. The molecule has 1 fully saturated rings. The Labute approximate surface area is 143 Å². The molecule has 1 aromatic carbocycles. The molecular weight excluding hydrogens is 328 g/mol. The molecule has 0 spiro atoms. The highest BCUT2D eigenvalue weighted by atomic mass is 16.6. The molecule has 9 nitrogen and oxygen atoms in total. The molecule has 1 saturated heterocycles. The second-order valence-electron chi connectivity index (χ2n) is 5.85. The molecule has 3 rings (SSSR count). The van der Waals surface area contributed by atoms with Crippen molar-refractivity contribution < 1.29 is 19.6 Å². The summed E-state index contributed by atoms with van der Waals surface area (Å²) in [6, 6.07) is 4.70. The number of hydrogen-bond acceptors (Lipinski definition) is 7. The van der Waals surface area contributed by atoms with Gasteiger partial charge in [0.15, 0.2) is 0 Å². The van der Waals surface area contributed by atoms with Crippen LogP contribution in [0.4, 0.5) is 17.1 Å². The van der Waals surface area contributed by atoms with Gasteiger partial charge in [0.25, 0.3) is 17.5 Å². The van der Waals surface area contributed by atoms with E-state index in [1.54, 1.807) is 12.1 Å². The first-order valence-electron chi connectivity index (χ1n) is 8.00. The first-order valence-corrected chi connectivity index (χ1v) is 8.00. The molecular formula is C16H18N4O5. The zero-order valence-corrected chi connectivity index (χ0v) is 13.5. The van der Waals surface area contributed by atoms with Crippen LogP contribution in [0.1, 0.15) is 12.8 Å². The summed E-state index contributed by atoms with van der Waals surface area (Å²) in [6.45, 7) is 1.29. The Balaban J connectivity index is 1.89. The number of nitro benzene ring substituents is 1. The van der Waals surface area contributed by atoms with Crippen LogP contribution >= 0.6 is 0 Å². The summed E-state index contributed by atoms with van der Waals surface area (Å²) >= 11 is 0. The van der Waals surface area contributed by atoms with Gasteiger partial charge in [0, 0.05) is 30.9 Å². The minimum Gasteiger partial charge on any atom is -0.395 e. The number of rotatable bonds is 6. The molecule has 2 aliphatic heterocycles. The molecule has 2 heterocycles. The summed E-state index contributed by atoms with van der Waals surface area (Å²) in [4.78, 5) is 37.8. The lowest BCUT2D eigenvalue weighted by molar-refractivity contribution is -0.383. The molecule has 0 saturated carbocycles. The number of β-amino-alcohol motifs (C(OH)–C–C–N with tert-alkyl or cyclic N) is 1. The Hall–Kier alpha value is -2.94. The fourth-order valence-corrected chi connectivity index (χ4v) is 3.01. The van der Waals surface area contributed by atoms with E-state index in [2.05, 4.69) is 10.2 Å². The summed E-state index contributed by atoms with van der Waals surface area (Å²) in [5.41, 5.74) is 0.771. The van der Waals surface area contributed by atoms with Crippen LogP contribution in [0.3, 0.4) is 0 Å². The minimum absolute atomic E-state index is 0.0416. The summed E-state index contributed by atoms with van der Waals surface area (Å²) in [5.74, 6) is -1.17. The van der Waals surface area contributed by atoms with Crippen LogP contribution in [0.2, 0.25) is 0 Å². The van der Waals surface area contributed by atoms with Gasteiger partial charge in [-0.1, -0.05) is 0 Å². The van der Waals surface area contributed by atoms with Crippen LogP contribution in [0, 0.1) is 10.1 Å². The molecule has 0 radical (unpaired) electrons. The van der Waals surface area contributed by atoms with Crippen molar-refractivity contribution in [3.63, 3.8) is 0 Å². The SMILES string of the molecule is O=C1C=C(Nc2cc(N3CCCC3)ccc2[N+](=O)[O-])C(=O)N1CCO. The number of carbonyl (C=O) groups excluding carboxylic acids is 2. The number of aliphatic hydroxyl groups excluding tert-OH is 1. The normalized spacial score (nSPS) is 17.2. The van der Waals surface area contributed by atoms with E-state index in [9.17, 15) is 19.7 Å². The van der Waals surface area contributed by atoms with Crippen molar-refractivity contribution in [1.29, 1.82) is 0 Å². The number of imide groups is 1. The van der Waals surface area contributed by atoms with Crippen LogP contribution in [-0.4, -0.2) is 53.0 Å². The van der Waals surface area contributed by atoms with E-state index < -0.39 is 16.7 Å². The molecule has 0 aromatic heterocycles. The molecule has 9 heteroatoms. The molecule has 0 unspecified atom stereocenters. The zero-order chi connectivity index (χ0) is 18.0. The van der Waals surface area contributed by atoms with E-state index in [-0.39, 0.29) is 30.2 Å².